The van der Waals surface area contributed by atoms with E-state index in [0.717, 1.165) is 0 Å². The number of rotatable bonds is 4. The van der Waals surface area contributed by atoms with E-state index in [0.29, 0.717) is 5.56 Å². The Morgan fingerprint density at radius 2 is 2.00 bits per heavy atom. The molecule has 2 aromatic heterocycles. The van der Waals surface area contributed by atoms with E-state index in [9.17, 15) is 9.18 Å². The van der Waals surface area contributed by atoms with E-state index in [1.807, 2.05) is 0 Å². The highest BCUT2D eigenvalue weighted by atomic mass is 19.1. The van der Waals surface area contributed by atoms with Crippen LogP contribution in [0.4, 0.5) is 4.39 Å². The molecule has 0 aliphatic heterocycles. The van der Waals surface area contributed by atoms with Crippen molar-refractivity contribution < 1.29 is 18.7 Å². The number of halogens is 1. The molecule has 0 spiro atoms. The van der Waals surface area contributed by atoms with E-state index in [4.69, 9.17) is 9.52 Å². The van der Waals surface area contributed by atoms with Gasteiger partial charge >= 0.3 is 5.97 Å². The second-order valence-electron chi connectivity index (χ2n) is 4.11. The maximum Gasteiger partial charge on any atom is 0.358 e. The van der Waals surface area contributed by atoms with E-state index in [1.54, 1.807) is 0 Å². The lowest BCUT2D eigenvalue weighted by molar-refractivity contribution is 0.0690. The minimum absolute atomic E-state index is 0.0917. The Hall–Kier alpha value is -3.10. The fourth-order valence-corrected chi connectivity index (χ4v) is 1.64. The third-order valence-electron chi connectivity index (χ3n) is 2.61. The van der Waals surface area contributed by atoms with Crippen molar-refractivity contribution in [2.45, 2.75) is 6.54 Å². The summed E-state index contributed by atoms with van der Waals surface area (Å²) >= 11 is 0. The summed E-state index contributed by atoms with van der Waals surface area (Å²) in [6.07, 6.45) is 1.25. The van der Waals surface area contributed by atoms with Crippen LogP contribution < -0.4 is 0 Å². The molecule has 2 heterocycles. The summed E-state index contributed by atoms with van der Waals surface area (Å²) in [5.41, 5.74) is 0.410. The van der Waals surface area contributed by atoms with Crippen molar-refractivity contribution in [2.24, 2.45) is 0 Å². The van der Waals surface area contributed by atoms with Crippen LogP contribution in [0.25, 0.3) is 11.5 Å². The van der Waals surface area contributed by atoms with Gasteiger partial charge in [0.25, 0.3) is 0 Å². The minimum atomic E-state index is -1.17. The highest BCUT2D eigenvalue weighted by molar-refractivity contribution is 5.84. The van der Waals surface area contributed by atoms with Gasteiger partial charge in [-0.1, -0.05) is 5.21 Å². The van der Waals surface area contributed by atoms with Gasteiger partial charge < -0.3 is 9.52 Å². The summed E-state index contributed by atoms with van der Waals surface area (Å²) < 4.78 is 19.5. The molecule has 8 nitrogen and oxygen atoms in total. The predicted molar refractivity (Wildman–Crippen MR) is 65.8 cm³/mol. The molecule has 3 rings (SSSR count). The molecular formula is C12H8FN5O3. The minimum Gasteiger partial charge on any atom is -0.476 e. The normalized spacial score (nSPS) is 10.7. The lowest BCUT2D eigenvalue weighted by Gasteiger charge is -1.95. The van der Waals surface area contributed by atoms with Crippen LogP contribution >= 0.6 is 0 Å². The van der Waals surface area contributed by atoms with Crippen molar-refractivity contribution in [3.05, 3.63) is 47.9 Å². The number of aromatic nitrogens is 5. The number of carboxylic acid groups (broad SMARTS) is 1. The van der Waals surface area contributed by atoms with Crippen LogP contribution in [0.15, 0.2) is 34.9 Å². The topological polar surface area (TPSA) is 107 Å². The highest BCUT2D eigenvalue weighted by Crippen LogP contribution is 2.18. The first kappa shape index (κ1) is 12.9. The Morgan fingerprint density at radius 3 is 2.67 bits per heavy atom. The van der Waals surface area contributed by atoms with Gasteiger partial charge in [-0.15, -0.1) is 15.3 Å². The Labute approximate surface area is 116 Å². The molecule has 0 fully saturated rings. The van der Waals surface area contributed by atoms with Crippen molar-refractivity contribution >= 4 is 5.97 Å². The van der Waals surface area contributed by atoms with Gasteiger partial charge in [0.05, 0.1) is 6.20 Å². The summed E-state index contributed by atoms with van der Waals surface area (Å²) in [6.45, 7) is 0.0917. The zero-order valence-corrected chi connectivity index (χ0v) is 10.5. The number of nitrogens with zero attached hydrogens (tertiary/aromatic N) is 5. The van der Waals surface area contributed by atoms with E-state index < -0.39 is 5.97 Å². The van der Waals surface area contributed by atoms with Crippen molar-refractivity contribution in [2.75, 3.05) is 0 Å². The molecular weight excluding hydrogens is 281 g/mol. The lowest BCUT2D eigenvalue weighted by atomic mass is 10.2. The lowest BCUT2D eigenvalue weighted by Crippen LogP contribution is -2.00. The molecule has 0 aliphatic rings. The van der Waals surface area contributed by atoms with E-state index in [-0.39, 0.29) is 29.8 Å². The molecule has 0 amide bonds. The zero-order chi connectivity index (χ0) is 14.8. The number of carboxylic acids is 1. The van der Waals surface area contributed by atoms with Gasteiger partial charge in [0.15, 0.2) is 5.69 Å². The Kier molecular flexibility index (Phi) is 3.14. The molecule has 1 aromatic carbocycles. The van der Waals surface area contributed by atoms with Gasteiger partial charge in [0.1, 0.15) is 12.4 Å². The van der Waals surface area contributed by atoms with Crippen LogP contribution in [0.1, 0.15) is 16.4 Å². The van der Waals surface area contributed by atoms with Crippen molar-refractivity contribution in [1.82, 2.24) is 25.2 Å². The number of carbonyl (C=O) groups is 1. The predicted octanol–water partition coefficient (Wildman–Crippen LogP) is 1.21. The molecule has 21 heavy (non-hydrogen) atoms. The number of benzene rings is 1. The summed E-state index contributed by atoms with van der Waals surface area (Å²) in [7, 11) is 0. The largest absolute Gasteiger partial charge is 0.476 e. The average Bonchev–Trinajstić information content (AvgIpc) is 3.10. The number of hydrogen-bond donors (Lipinski definition) is 1. The van der Waals surface area contributed by atoms with Crippen LogP contribution in [0.2, 0.25) is 0 Å². The summed E-state index contributed by atoms with van der Waals surface area (Å²) in [6, 6.07) is 5.61. The quantitative estimate of drug-likeness (QED) is 0.769. The van der Waals surface area contributed by atoms with Gasteiger partial charge in [-0.2, -0.15) is 0 Å². The van der Waals surface area contributed by atoms with Crippen molar-refractivity contribution in [3.63, 3.8) is 0 Å². The standard InChI is InChI=1S/C12H8FN5O3/c13-8-3-1-7(2-4-8)11-16-15-10(21-11)6-18-5-9(12(19)20)14-17-18/h1-5H,6H2,(H,19,20). The highest BCUT2D eigenvalue weighted by Gasteiger charge is 2.12. The Balaban J connectivity index is 1.78. The Morgan fingerprint density at radius 1 is 1.24 bits per heavy atom. The third kappa shape index (κ3) is 2.76. The average molecular weight is 289 g/mol. The monoisotopic (exact) mass is 289 g/mol. The molecule has 0 bridgehead atoms. The fraction of sp³-hybridized carbons (Fsp3) is 0.0833. The molecule has 1 N–H and O–H groups in total. The molecule has 0 saturated heterocycles. The van der Waals surface area contributed by atoms with E-state index in [2.05, 4.69) is 20.5 Å². The molecule has 9 heteroatoms. The summed E-state index contributed by atoms with van der Waals surface area (Å²) in [5, 5.41) is 23.5. The van der Waals surface area contributed by atoms with Crippen LogP contribution in [-0.2, 0) is 6.54 Å². The smallest absolute Gasteiger partial charge is 0.358 e. The fourth-order valence-electron chi connectivity index (χ4n) is 1.64. The zero-order valence-electron chi connectivity index (χ0n) is 10.5. The number of aromatic carboxylic acids is 1. The Bertz CT molecular complexity index is 780. The second-order valence-corrected chi connectivity index (χ2v) is 4.11. The summed E-state index contributed by atoms with van der Waals surface area (Å²) in [4.78, 5) is 10.7. The van der Waals surface area contributed by atoms with Crippen molar-refractivity contribution in [3.8, 4) is 11.5 Å². The van der Waals surface area contributed by atoms with Crippen LogP contribution in [-0.4, -0.2) is 36.3 Å². The van der Waals surface area contributed by atoms with Gasteiger partial charge in [-0.25, -0.2) is 13.9 Å². The molecule has 0 atom stereocenters. The van der Waals surface area contributed by atoms with Crippen LogP contribution in [0, 0.1) is 5.82 Å². The second kappa shape index (κ2) is 5.12. The van der Waals surface area contributed by atoms with Crippen molar-refractivity contribution in [1.29, 1.82) is 0 Å². The molecule has 3 aromatic rings. The first-order valence-corrected chi connectivity index (χ1v) is 5.83. The maximum absolute atomic E-state index is 12.8. The van der Waals surface area contributed by atoms with E-state index in [1.165, 1.54) is 35.1 Å². The van der Waals surface area contributed by atoms with Gasteiger partial charge in [0.2, 0.25) is 11.8 Å². The van der Waals surface area contributed by atoms with Gasteiger partial charge in [-0.3, -0.25) is 0 Å². The molecule has 0 radical (unpaired) electrons. The number of hydrogen-bond acceptors (Lipinski definition) is 6. The van der Waals surface area contributed by atoms with Gasteiger partial charge in [-0.05, 0) is 24.3 Å². The van der Waals surface area contributed by atoms with Gasteiger partial charge in [0, 0.05) is 5.56 Å². The van der Waals surface area contributed by atoms with Crippen LogP contribution in [0.3, 0.4) is 0 Å². The maximum atomic E-state index is 12.8. The molecule has 0 unspecified atom stereocenters. The third-order valence-corrected chi connectivity index (χ3v) is 2.61. The first-order valence-electron chi connectivity index (χ1n) is 5.83. The molecule has 106 valence electrons. The van der Waals surface area contributed by atoms with E-state index >= 15 is 0 Å². The summed E-state index contributed by atoms with van der Waals surface area (Å²) in [5.74, 6) is -1.05. The first-order chi connectivity index (χ1) is 10.1. The SMILES string of the molecule is O=C(O)c1cn(Cc2nnc(-c3ccc(F)cc3)o2)nn1. The molecule has 0 aliphatic carbocycles. The molecule has 0 saturated carbocycles. The van der Waals surface area contributed by atoms with Crippen LogP contribution in [0.5, 0.6) is 0 Å².